The number of esters is 1. The van der Waals surface area contributed by atoms with Crippen LogP contribution < -0.4 is 0 Å². The van der Waals surface area contributed by atoms with Crippen LogP contribution in [0.3, 0.4) is 0 Å². The first kappa shape index (κ1) is 31.1. The van der Waals surface area contributed by atoms with Crippen LogP contribution in [0.1, 0.15) is 107 Å². The first-order valence-corrected chi connectivity index (χ1v) is 15.2. The van der Waals surface area contributed by atoms with Gasteiger partial charge in [-0.05, 0) is 72.6 Å². The van der Waals surface area contributed by atoms with Crippen LogP contribution in [0, 0.1) is 0 Å². The van der Waals surface area contributed by atoms with Gasteiger partial charge in [-0.15, -0.1) is 0 Å². The first-order valence-electron chi connectivity index (χ1n) is 15.2. The molecule has 0 saturated carbocycles. The van der Waals surface area contributed by atoms with Crippen molar-refractivity contribution < 1.29 is 19.1 Å². The maximum absolute atomic E-state index is 12.9. The van der Waals surface area contributed by atoms with E-state index in [4.69, 9.17) is 9.47 Å². The van der Waals surface area contributed by atoms with Crippen LogP contribution >= 0.6 is 0 Å². The Morgan fingerprint density at radius 2 is 1.30 bits per heavy atom. The predicted molar refractivity (Wildman–Crippen MR) is 165 cm³/mol. The molecule has 0 aromatic heterocycles. The molecule has 0 fully saturated rings. The summed E-state index contributed by atoms with van der Waals surface area (Å²) in [5.74, 6) is -0.707. The van der Waals surface area contributed by atoms with Crippen LogP contribution in [0.15, 0.2) is 72.8 Å². The molecule has 0 N–H and O–H groups in total. The van der Waals surface area contributed by atoms with E-state index in [1.54, 1.807) is 12.1 Å². The lowest BCUT2D eigenvalue weighted by Crippen LogP contribution is -2.19. The summed E-state index contributed by atoms with van der Waals surface area (Å²) in [6.07, 6.45) is 12.8. The summed E-state index contributed by atoms with van der Waals surface area (Å²) in [6, 6.07) is 24.2. The Balaban J connectivity index is 1.69. The Kier molecular flexibility index (Phi) is 13.5. The molecule has 0 bridgehead atoms. The van der Waals surface area contributed by atoms with E-state index in [2.05, 4.69) is 38.1 Å². The van der Waals surface area contributed by atoms with Crippen molar-refractivity contribution in [1.29, 1.82) is 0 Å². The van der Waals surface area contributed by atoms with E-state index in [0.717, 1.165) is 54.4 Å². The lowest BCUT2D eigenvalue weighted by atomic mass is 9.92. The van der Waals surface area contributed by atoms with Crippen LogP contribution in [0.2, 0.25) is 0 Å². The van der Waals surface area contributed by atoms with E-state index in [0.29, 0.717) is 5.56 Å². The Bertz CT molecular complexity index is 1170. The number of aryl methyl sites for hydroxylation is 1. The van der Waals surface area contributed by atoms with Crippen LogP contribution in [0.5, 0.6) is 0 Å². The second kappa shape index (κ2) is 17.3. The molecule has 0 saturated heterocycles. The van der Waals surface area contributed by atoms with Gasteiger partial charge in [-0.25, -0.2) is 9.59 Å². The third kappa shape index (κ3) is 10.3. The molecule has 1 unspecified atom stereocenters. The Labute approximate surface area is 241 Å². The van der Waals surface area contributed by atoms with Gasteiger partial charge in [0.25, 0.3) is 0 Å². The van der Waals surface area contributed by atoms with Crippen LogP contribution in [-0.2, 0) is 15.9 Å². The molecule has 0 heterocycles. The molecule has 0 aliphatic carbocycles. The number of hydrogen-bond acceptors (Lipinski definition) is 4. The summed E-state index contributed by atoms with van der Waals surface area (Å²) in [5.41, 5.74) is 5.68. The number of benzene rings is 3. The molecule has 0 amide bonds. The number of unbranched alkanes of at least 4 members (excludes halogenated alkanes) is 8. The highest BCUT2D eigenvalue weighted by Gasteiger charge is 2.19. The van der Waals surface area contributed by atoms with Crippen LogP contribution in [0.25, 0.3) is 22.3 Å². The van der Waals surface area contributed by atoms with Crippen molar-refractivity contribution in [2.24, 2.45) is 0 Å². The van der Waals surface area contributed by atoms with Gasteiger partial charge < -0.3 is 9.47 Å². The minimum absolute atomic E-state index is 0.288. The predicted octanol–water partition coefficient (Wildman–Crippen LogP) is 10.6. The minimum Gasteiger partial charge on any atom is -0.431 e. The number of hydrogen-bond donors (Lipinski definition) is 0. The summed E-state index contributed by atoms with van der Waals surface area (Å²) in [6.45, 7) is 6.24. The maximum atomic E-state index is 12.9. The molecular weight excluding hydrogens is 496 g/mol. The highest BCUT2D eigenvalue weighted by molar-refractivity contribution is 5.98. The minimum atomic E-state index is -0.945. The van der Waals surface area contributed by atoms with Crippen LogP contribution in [-0.4, -0.2) is 18.2 Å². The normalized spacial score (nSPS) is 11.7. The molecule has 40 heavy (non-hydrogen) atoms. The fourth-order valence-electron chi connectivity index (χ4n) is 4.98. The highest BCUT2D eigenvalue weighted by Crippen LogP contribution is 2.33. The van der Waals surface area contributed by atoms with Gasteiger partial charge in [0, 0.05) is 0 Å². The summed E-state index contributed by atoms with van der Waals surface area (Å²) >= 11 is 0. The van der Waals surface area contributed by atoms with Gasteiger partial charge in [0.05, 0.1) is 5.56 Å². The van der Waals surface area contributed by atoms with Crippen molar-refractivity contribution in [3.63, 3.8) is 0 Å². The maximum Gasteiger partial charge on any atom is 0.516 e. The third-order valence-corrected chi connectivity index (χ3v) is 7.36. The highest BCUT2D eigenvalue weighted by atomic mass is 16.7. The van der Waals surface area contributed by atoms with E-state index in [9.17, 15) is 9.59 Å². The quantitative estimate of drug-likeness (QED) is 0.103. The average Bonchev–Trinajstić information content (AvgIpc) is 2.97. The molecule has 0 radical (unpaired) electrons. The van der Waals surface area contributed by atoms with E-state index in [-0.39, 0.29) is 6.10 Å². The van der Waals surface area contributed by atoms with E-state index in [1.807, 2.05) is 43.3 Å². The smallest absolute Gasteiger partial charge is 0.431 e. The molecule has 3 rings (SSSR count). The zero-order valence-corrected chi connectivity index (χ0v) is 24.6. The van der Waals surface area contributed by atoms with Crippen molar-refractivity contribution in [3.8, 4) is 22.3 Å². The van der Waals surface area contributed by atoms with E-state index >= 15 is 0 Å². The molecule has 4 heteroatoms. The number of ether oxygens (including phenoxy) is 2. The van der Waals surface area contributed by atoms with Gasteiger partial charge in [0.2, 0.25) is 0 Å². The molecule has 3 aromatic carbocycles. The number of carbonyl (C=O) groups excluding carboxylic acids is 2. The van der Waals surface area contributed by atoms with E-state index < -0.39 is 12.1 Å². The first-order chi connectivity index (χ1) is 19.5. The number of carbonyl (C=O) groups is 2. The van der Waals surface area contributed by atoms with Crippen molar-refractivity contribution in [2.75, 3.05) is 0 Å². The second-order valence-electron chi connectivity index (χ2n) is 10.8. The Morgan fingerprint density at radius 3 is 2.00 bits per heavy atom. The average molecular weight is 543 g/mol. The van der Waals surface area contributed by atoms with Crippen molar-refractivity contribution in [1.82, 2.24) is 0 Å². The third-order valence-electron chi connectivity index (χ3n) is 7.36. The standard InChI is InChI=1S/C36H46O4/c1-4-6-8-10-11-14-18-29-21-23-31(24-22-29)33-26-25-32(27-34(33)30-19-15-12-16-20-30)35(37)40-36(38)39-28(3)17-13-9-7-5-2/h12,15-16,19-28H,4-11,13-14,17-18H2,1-3H3. The fraction of sp³-hybridized carbons (Fsp3) is 0.444. The van der Waals surface area contributed by atoms with Gasteiger partial charge in [0.1, 0.15) is 6.10 Å². The molecule has 1 atom stereocenters. The second-order valence-corrected chi connectivity index (χ2v) is 10.8. The molecule has 0 spiro atoms. The van der Waals surface area contributed by atoms with Crippen molar-refractivity contribution in [3.05, 3.63) is 83.9 Å². The van der Waals surface area contributed by atoms with Gasteiger partial charge in [-0.2, -0.15) is 0 Å². The Morgan fingerprint density at radius 1 is 0.675 bits per heavy atom. The van der Waals surface area contributed by atoms with Gasteiger partial charge in [-0.1, -0.05) is 126 Å². The molecule has 214 valence electrons. The Hall–Kier alpha value is -3.40. The summed E-state index contributed by atoms with van der Waals surface area (Å²) in [4.78, 5) is 25.1. The summed E-state index contributed by atoms with van der Waals surface area (Å²) < 4.78 is 10.4. The van der Waals surface area contributed by atoms with Crippen molar-refractivity contribution in [2.45, 2.75) is 104 Å². The molecule has 4 nitrogen and oxygen atoms in total. The summed E-state index contributed by atoms with van der Waals surface area (Å²) in [7, 11) is 0. The van der Waals surface area contributed by atoms with Gasteiger partial charge >= 0.3 is 12.1 Å². The lowest BCUT2D eigenvalue weighted by Gasteiger charge is -2.14. The zero-order valence-electron chi connectivity index (χ0n) is 24.6. The van der Waals surface area contributed by atoms with Gasteiger partial charge in [-0.3, -0.25) is 0 Å². The SMILES string of the molecule is CCCCCCCCc1ccc(-c2ccc(C(=O)OC(=O)OC(C)CCCCCC)cc2-c2ccccc2)cc1. The molecule has 3 aromatic rings. The van der Waals surface area contributed by atoms with Crippen molar-refractivity contribution >= 4 is 12.1 Å². The largest absolute Gasteiger partial charge is 0.516 e. The topological polar surface area (TPSA) is 52.6 Å². The molecule has 0 aliphatic heterocycles. The van der Waals surface area contributed by atoms with Gasteiger partial charge in [0.15, 0.2) is 0 Å². The molecular formula is C36H46O4. The molecule has 0 aliphatic rings. The van der Waals surface area contributed by atoms with E-state index in [1.165, 1.54) is 50.5 Å². The zero-order chi connectivity index (χ0) is 28.6. The monoisotopic (exact) mass is 542 g/mol. The lowest BCUT2D eigenvalue weighted by molar-refractivity contribution is 0.0231. The number of rotatable bonds is 16. The summed E-state index contributed by atoms with van der Waals surface area (Å²) in [5, 5.41) is 0. The van der Waals surface area contributed by atoms with Crippen LogP contribution in [0.4, 0.5) is 4.79 Å². The fourth-order valence-corrected chi connectivity index (χ4v) is 4.98.